The van der Waals surface area contributed by atoms with Crippen LogP contribution < -0.4 is 0 Å². The van der Waals surface area contributed by atoms with Gasteiger partial charge in [-0.1, -0.05) is 211 Å². The molecule has 0 aromatic carbocycles. The summed E-state index contributed by atoms with van der Waals surface area (Å²) in [5.41, 5.74) is 0. The molecule has 0 aromatic rings. The summed E-state index contributed by atoms with van der Waals surface area (Å²) < 4.78 is 22.9. The molecule has 0 saturated carbocycles. The highest BCUT2D eigenvalue weighted by Crippen LogP contribution is 2.16. The van der Waals surface area contributed by atoms with E-state index in [0.717, 1.165) is 51.4 Å². The van der Waals surface area contributed by atoms with E-state index in [1.54, 1.807) is 0 Å². The topological polar surface area (TPSA) is 108 Å². The van der Waals surface area contributed by atoms with Crippen LogP contribution in [0.5, 0.6) is 0 Å². The lowest BCUT2D eigenvalue weighted by molar-refractivity contribution is -0.870. The van der Waals surface area contributed by atoms with Crippen LogP contribution in [0.2, 0.25) is 0 Å². The van der Waals surface area contributed by atoms with Crippen molar-refractivity contribution in [2.45, 2.75) is 270 Å². The number of unbranched alkanes of at least 4 members (excludes halogenated alkanes) is 31. The molecule has 0 heterocycles. The predicted octanol–water partition coefficient (Wildman–Crippen LogP) is 16.1. The molecule has 0 spiro atoms. The van der Waals surface area contributed by atoms with E-state index < -0.39 is 24.3 Å². The third-order valence-corrected chi connectivity index (χ3v) is 12.4. The zero-order valence-electron chi connectivity index (χ0n) is 44.6. The lowest BCUT2D eigenvalue weighted by Gasteiger charge is -2.25. The molecule has 0 aliphatic carbocycles. The zero-order chi connectivity index (χ0) is 49.2. The fourth-order valence-corrected chi connectivity index (χ4v) is 7.98. The Morgan fingerprint density at radius 1 is 0.448 bits per heavy atom. The van der Waals surface area contributed by atoms with Crippen molar-refractivity contribution in [3.8, 4) is 0 Å². The van der Waals surface area contributed by atoms with Gasteiger partial charge in [-0.25, -0.2) is 4.79 Å². The van der Waals surface area contributed by atoms with E-state index in [1.165, 1.54) is 180 Å². The van der Waals surface area contributed by atoms with Crippen molar-refractivity contribution in [3.63, 3.8) is 0 Å². The third kappa shape index (κ3) is 51.2. The van der Waals surface area contributed by atoms with Gasteiger partial charge in [0.1, 0.15) is 13.2 Å². The maximum absolute atomic E-state index is 12.8. The van der Waals surface area contributed by atoms with Gasteiger partial charge >= 0.3 is 17.9 Å². The Balaban J connectivity index is 4.25. The van der Waals surface area contributed by atoms with E-state index in [-0.39, 0.29) is 32.2 Å². The number of carbonyl (C=O) groups excluding carboxylic acids is 2. The molecule has 0 aromatic heterocycles. The Morgan fingerprint density at radius 2 is 0.806 bits per heavy atom. The van der Waals surface area contributed by atoms with Gasteiger partial charge in [-0.15, -0.1) is 0 Å². The van der Waals surface area contributed by atoms with Crippen LogP contribution in [-0.2, 0) is 33.3 Å². The van der Waals surface area contributed by atoms with Crippen molar-refractivity contribution in [1.29, 1.82) is 0 Å². The number of hydrogen-bond acceptors (Lipinski definition) is 7. The van der Waals surface area contributed by atoms with Crippen molar-refractivity contribution in [1.82, 2.24) is 0 Å². The highest BCUT2D eigenvalue weighted by Gasteiger charge is 2.25. The molecule has 2 atom stereocenters. The fraction of sp³-hybridized carbons (Fsp3) is 0.845. The fourth-order valence-electron chi connectivity index (χ4n) is 7.98. The van der Waals surface area contributed by atoms with Gasteiger partial charge in [0.2, 0.25) is 0 Å². The number of likely N-dealkylation sites (N-methyl/N-ethyl adjacent to an activating group) is 1. The summed E-state index contributed by atoms with van der Waals surface area (Å²) in [7, 11) is 5.97. The van der Waals surface area contributed by atoms with Crippen molar-refractivity contribution in [2.75, 3.05) is 47.5 Å². The summed E-state index contributed by atoms with van der Waals surface area (Å²) in [6.07, 6.45) is 56.4. The maximum Gasteiger partial charge on any atom is 0.361 e. The molecular formula is C58H108NO8+. The minimum atomic E-state index is -1.51. The summed E-state index contributed by atoms with van der Waals surface area (Å²) >= 11 is 0. The number of carboxylic acid groups (broad SMARTS) is 1. The van der Waals surface area contributed by atoms with Crippen molar-refractivity contribution in [2.24, 2.45) is 0 Å². The number of hydrogen-bond donors (Lipinski definition) is 1. The number of rotatable bonds is 52. The molecule has 0 saturated heterocycles. The number of esters is 2. The quantitative estimate of drug-likeness (QED) is 0.0211. The van der Waals surface area contributed by atoms with Crippen molar-refractivity contribution >= 4 is 17.9 Å². The third-order valence-electron chi connectivity index (χ3n) is 12.4. The summed E-state index contributed by atoms with van der Waals surface area (Å²) in [4.78, 5) is 37.4. The van der Waals surface area contributed by atoms with Gasteiger partial charge in [-0.3, -0.25) is 9.59 Å². The van der Waals surface area contributed by atoms with Crippen molar-refractivity contribution in [3.05, 3.63) is 36.5 Å². The highest BCUT2D eigenvalue weighted by atomic mass is 16.7. The molecule has 9 nitrogen and oxygen atoms in total. The van der Waals surface area contributed by atoms with Crippen LogP contribution in [0.25, 0.3) is 0 Å². The molecular weight excluding hydrogens is 839 g/mol. The van der Waals surface area contributed by atoms with Crippen LogP contribution in [0.15, 0.2) is 36.5 Å². The highest BCUT2D eigenvalue weighted by molar-refractivity contribution is 5.71. The molecule has 0 fully saturated rings. The van der Waals surface area contributed by atoms with E-state index in [0.29, 0.717) is 17.4 Å². The van der Waals surface area contributed by atoms with E-state index in [2.05, 4.69) is 50.3 Å². The minimum absolute atomic E-state index is 0.182. The number of carbonyl (C=O) groups is 3. The Morgan fingerprint density at radius 3 is 1.22 bits per heavy atom. The predicted molar refractivity (Wildman–Crippen MR) is 281 cm³/mol. The second-order valence-electron chi connectivity index (χ2n) is 20.2. The number of allylic oxidation sites excluding steroid dienone is 6. The summed E-state index contributed by atoms with van der Waals surface area (Å²) in [6, 6.07) is 0. The van der Waals surface area contributed by atoms with Crippen LogP contribution in [0.3, 0.4) is 0 Å². The number of aliphatic carboxylic acids is 1. The van der Waals surface area contributed by atoms with E-state index in [9.17, 15) is 19.5 Å². The van der Waals surface area contributed by atoms with Gasteiger partial charge in [0.25, 0.3) is 6.29 Å². The second-order valence-corrected chi connectivity index (χ2v) is 20.2. The van der Waals surface area contributed by atoms with Crippen LogP contribution in [-0.4, -0.2) is 87.4 Å². The molecule has 9 heteroatoms. The van der Waals surface area contributed by atoms with Crippen LogP contribution in [0.4, 0.5) is 0 Å². The van der Waals surface area contributed by atoms with Crippen molar-refractivity contribution < 1.29 is 42.9 Å². The molecule has 0 radical (unpaired) electrons. The second kappa shape index (κ2) is 49.9. The Hall–Kier alpha value is -2.49. The number of ether oxygens (including phenoxy) is 4. The zero-order valence-corrected chi connectivity index (χ0v) is 44.6. The molecule has 0 amide bonds. The molecule has 1 N–H and O–H groups in total. The molecule has 2 unspecified atom stereocenters. The summed E-state index contributed by atoms with van der Waals surface area (Å²) in [5, 5.41) is 9.69. The van der Waals surface area contributed by atoms with Crippen LogP contribution in [0.1, 0.15) is 258 Å². The first-order chi connectivity index (χ1) is 32.6. The average Bonchev–Trinajstić information content (AvgIpc) is 3.29. The van der Waals surface area contributed by atoms with Gasteiger partial charge in [0, 0.05) is 12.8 Å². The smallest absolute Gasteiger partial charge is 0.361 e. The summed E-state index contributed by atoms with van der Waals surface area (Å²) in [5.74, 6) is -2.00. The lowest BCUT2D eigenvalue weighted by atomic mass is 10.0. The number of nitrogens with zero attached hydrogens (tertiary/aromatic N) is 1. The molecule has 0 aliphatic rings. The van der Waals surface area contributed by atoms with E-state index >= 15 is 0 Å². The van der Waals surface area contributed by atoms with Crippen LogP contribution in [0, 0.1) is 0 Å². The monoisotopic (exact) mass is 947 g/mol. The lowest BCUT2D eigenvalue weighted by Crippen LogP contribution is -2.40. The van der Waals surface area contributed by atoms with Gasteiger partial charge < -0.3 is 28.5 Å². The van der Waals surface area contributed by atoms with E-state index in [1.807, 2.05) is 21.1 Å². The van der Waals surface area contributed by atoms with Crippen LogP contribution >= 0.6 is 0 Å². The largest absolute Gasteiger partial charge is 0.477 e. The first kappa shape index (κ1) is 64.5. The minimum Gasteiger partial charge on any atom is -0.477 e. The Bertz CT molecular complexity index is 1190. The number of carboxylic acids is 1. The normalized spacial score (nSPS) is 13.0. The van der Waals surface area contributed by atoms with Gasteiger partial charge in [-0.2, -0.15) is 0 Å². The first-order valence-corrected chi connectivity index (χ1v) is 28.2. The first-order valence-electron chi connectivity index (χ1n) is 28.2. The Labute approximate surface area is 413 Å². The molecule has 67 heavy (non-hydrogen) atoms. The summed E-state index contributed by atoms with van der Waals surface area (Å²) in [6.45, 7) is 4.88. The molecule has 0 aliphatic heterocycles. The van der Waals surface area contributed by atoms with Gasteiger partial charge in [0.05, 0.1) is 34.4 Å². The average molecular weight is 948 g/mol. The molecule has 0 bridgehead atoms. The Kier molecular flexibility index (Phi) is 48.1. The van der Waals surface area contributed by atoms with Gasteiger partial charge in [-0.05, 0) is 70.6 Å². The number of quaternary nitrogens is 1. The molecule has 392 valence electrons. The molecule has 0 rings (SSSR count). The standard InChI is InChI=1S/C58H107NO8/c1-6-8-10-12-14-16-18-20-22-24-26-27-28-29-31-32-34-36-38-40-42-44-46-48-55(60)65-52-54(53-66-58(57(62)63)64-51-50-59(3,4)5)67-56(61)49-47-45-43-41-39-37-35-33-30-25-23-21-19-17-15-13-11-9-7-2/h15,17,21,23-24,26,54,58H,6-14,16,18-20,22,25,27-53H2,1-5H3/p+1/b17-15-,23-21-,26-24-. The van der Waals surface area contributed by atoms with Gasteiger partial charge in [0.15, 0.2) is 6.10 Å². The maximum atomic E-state index is 12.8. The SMILES string of the molecule is CCCCC/C=C\C/C=C\CCCCCCCCCCCC(=O)OC(COC(=O)CCCCCCCCCCCCC/C=C\CCCCCCCCCC)COC(OCC[N+](C)(C)C)C(=O)O. The van der Waals surface area contributed by atoms with E-state index in [4.69, 9.17) is 18.9 Å².